The molecular weight excluding hydrogens is 704 g/mol. The number of thiazole rings is 1. The summed E-state index contributed by atoms with van der Waals surface area (Å²) in [5.74, 6) is -1.10. The van der Waals surface area contributed by atoms with E-state index in [4.69, 9.17) is 31.8 Å². The van der Waals surface area contributed by atoms with Crippen LogP contribution in [0.3, 0.4) is 0 Å². The number of fused-ring (bicyclic) bond motifs is 1. The van der Waals surface area contributed by atoms with Gasteiger partial charge in [0.05, 0.1) is 28.2 Å². The van der Waals surface area contributed by atoms with Gasteiger partial charge in [0.15, 0.2) is 0 Å². The average Bonchev–Trinajstić information content (AvgIpc) is 3.52. The summed E-state index contributed by atoms with van der Waals surface area (Å²) in [6.07, 6.45) is 3.68. The van der Waals surface area contributed by atoms with Crippen LogP contribution in [-0.4, -0.2) is 73.1 Å². The highest BCUT2D eigenvalue weighted by atomic mass is 35.5. The van der Waals surface area contributed by atoms with Crippen LogP contribution in [0.25, 0.3) is 10.4 Å². The summed E-state index contributed by atoms with van der Waals surface area (Å²) in [6.45, 7) is 5.40. The molecule has 6 N–H and O–H groups in total. The number of unbranched alkanes of at least 4 members (excludes halogenated alkanes) is 1. The average molecular weight is 753 g/mol. The molecule has 0 spiro atoms. The first-order valence-corrected chi connectivity index (χ1v) is 19.3. The molecular formula is C38H49ClN6O6S. The summed E-state index contributed by atoms with van der Waals surface area (Å²) in [4.78, 5) is 60.4. The van der Waals surface area contributed by atoms with Gasteiger partial charge in [-0.3, -0.25) is 19.2 Å². The van der Waals surface area contributed by atoms with Crippen molar-refractivity contribution >= 4 is 46.6 Å². The number of amides is 4. The van der Waals surface area contributed by atoms with Crippen LogP contribution in [0.15, 0.2) is 48.5 Å². The Bertz CT molecular complexity index is 1700. The number of aromatic nitrogens is 1. The summed E-state index contributed by atoms with van der Waals surface area (Å²) >= 11 is 7.67. The monoisotopic (exact) mass is 752 g/mol. The minimum atomic E-state index is -0.988. The van der Waals surface area contributed by atoms with Gasteiger partial charge in [-0.25, -0.2) is 4.98 Å². The Morgan fingerprint density at radius 2 is 1.73 bits per heavy atom. The predicted octanol–water partition coefficient (Wildman–Crippen LogP) is 4.37. The number of rotatable bonds is 16. The number of hydrogen-bond donors (Lipinski definition) is 5. The summed E-state index contributed by atoms with van der Waals surface area (Å²) in [5, 5.41) is 13.2. The first-order valence-electron chi connectivity index (χ1n) is 18.1. The standard InChI is InChI=1S/C38H49ClN6O6S/c1-3-32(46)42-30(22-33-41-23(2)35(52-33)25-9-8-10-26(39)21-25)37(48)45-34(24-14-18-50-19-15-24)38(49)44-29(12-6-7-17-40)36(47)43-28-16-20-51-31-13-5-4-11-27(28)31/h4-5,8-11,13,21,24,28-30,34H,3,6-7,12,14-20,22,40H2,1-2H3,(H,42,46)(H,43,47)(H,44,49)(H,45,48)/t28-,29+,30+,34+/m1/s1. The highest BCUT2D eigenvalue weighted by Gasteiger charge is 2.36. The SMILES string of the molecule is CCC(=O)N[C@@H](Cc1nc(C)c(-c2cccc(Cl)c2)s1)C(=O)N[C@H](C(=O)N[C@@H](CCCCN)C(=O)N[C@@H]1CCOc2ccccc21)C1CCOCC1. The predicted molar refractivity (Wildman–Crippen MR) is 201 cm³/mol. The Labute approximate surface area is 314 Å². The second kappa shape index (κ2) is 19.2. The van der Waals surface area contributed by atoms with Crippen LogP contribution in [0.5, 0.6) is 5.75 Å². The number of nitrogens with two attached hydrogens (primary N) is 1. The highest BCUT2D eigenvalue weighted by molar-refractivity contribution is 7.15. The lowest BCUT2D eigenvalue weighted by Gasteiger charge is -2.33. The largest absolute Gasteiger partial charge is 0.493 e. The molecule has 4 atom stereocenters. The van der Waals surface area contributed by atoms with Crippen molar-refractivity contribution in [2.24, 2.45) is 11.7 Å². The molecule has 1 aromatic heterocycles. The van der Waals surface area contributed by atoms with Gasteiger partial charge in [-0.15, -0.1) is 11.3 Å². The Hall–Kier alpha value is -4.04. The molecule has 0 unspecified atom stereocenters. The van der Waals surface area contributed by atoms with Crippen molar-refractivity contribution in [3.63, 3.8) is 0 Å². The molecule has 280 valence electrons. The lowest BCUT2D eigenvalue weighted by molar-refractivity contribution is -0.135. The van der Waals surface area contributed by atoms with E-state index >= 15 is 0 Å². The second-order valence-corrected chi connectivity index (χ2v) is 14.7. The fourth-order valence-electron chi connectivity index (χ4n) is 6.61. The van der Waals surface area contributed by atoms with Gasteiger partial charge in [0.1, 0.15) is 23.9 Å². The third kappa shape index (κ3) is 10.5. The van der Waals surface area contributed by atoms with E-state index in [0.717, 1.165) is 27.4 Å². The van der Waals surface area contributed by atoms with Gasteiger partial charge in [0.2, 0.25) is 23.6 Å². The number of nitrogens with zero attached hydrogens (tertiary/aromatic N) is 1. The first kappa shape index (κ1) is 39.2. The molecule has 2 aliphatic heterocycles. The summed E-state index contributed by atoms with van der Waals surface area (Å²) in [6, 6.07) is 12.0. The first-order chi connectivity index (χ1) is 25.2. The number of hydrogen-bond acceptors (Lipinski definition) is 9. The zero-order valence-electron chi connectivity index (χ0n) is 29.8. The normalized spacial score (nSPS) is 17.5. The molecule has 1 fully saturated rings. The minimum Gasteiger partial charge on any atom is -0.493 e. The fraction of sp³-hybridized carbons (Fsp3) is 0.500. The maximum atomic E-state index is 14.2. The van der Waals surface area contributed by atoms with Gasteiger partial charge in [0.25, 0.3) is 0 Å². The number of halogens is 1. The lowest BCUT2D eigenvalue weighted by atomic mass is 9.90. The zero-order chi connectivity index (χ0) is 37.0. The number of aryl methyl sites for hydroxylation is 1. The molecule has 2 aromatic carbocycles. The second-order valence-electron chi connectivity index (χ2n) is 13.2. The summed E-state index contributed by atoms with van der Waals surface area (Å²) < 4.78 is 11.4. The van der Waals surface area contributed by atoms with E-state index < -0.39 is 29.9 Å². The van der Waals surface area contributed by atoms with Gasteiger partial charge < -0.3 is 36.5 Å². The van der Waals surface area contributed by atoms with E-state index in [1.54, 1.807) is 13.0 Å². The van der Waals surface area contributed by atoms with E-state index in [1.165, 1.54) is 11.3 Å². The van der Waals surface area contributed by atoms with Crippen molar-refractivity contribution in [3.05, 3.63) is 69.8 Å². The zero-order valence-corrected chi connectivity index (χ0v) is 31.3. The van der Waals surface area contributed by atoms with Crippen LogP contribution in [0.2, 0.25) is 5.02 Å². The molecule has 3 heterocycles. The quantitative estimate of drug-likeness (QED) is 0.134. The summed E-state index contributed by atoms with van der Waals surface area (Å²) in [5.41, 5.74) is 8.35. The van der Waals surface area contributed by atoms with E-state index in [1.807, 2.05) is 49.4 Å². The Morgan fingerprint density at radius 3 is 2.48 bits per heavy atom. The maximum Gasteiger partial charge on any atom is 0.243 e. The van der Waals surface area contributed by atoms with Crippen molar-refractivity contribution in [2.75, 3.05) is 26.4 Å². The molecule has 52 heavy (non-hydrogen) atoms. The minimum absolute atomic E-state index is 0.127. The van der Waals surface area contributed by atoms with Crippen LogP contribution < -0.4 is 31.7 Å². The number of benzene rings is 2. The molecule has 12 nitrogen and oxygen atoms in total. The molecule has 0 radical (unpaired) electrons. The highest BCUT2D eigenvalue weighted by Crippen LogP contribution is 2.33. The van der Waals surface area contributed by atoms with E-state index in [-0.39, 0.29) is 36.6 Å². The maximum absolute atomic E-state index is 14.2. The number of ether oxygens (including phenoxy) is 2. The Kier molecular flexibility index (Phi) is 14.4. The van der Waals surface area contributed by atoms with Gasteiger partial charge in [-0.1, -0.05) is 48.9 Å². The van der Waals surface area contributed by atoms with Gasteiger partial charge in [0, 0.05) is 43.1 Å². The van der Waals surface area contributed by atoms with E-state index in [9.17, 15) is 19.2 Å². The van der Waals surface area contributed by atoms with Crippen molar-refractivity contribution in [2.45, 2.75) is 89.4 Å². The van der Waals surface area contributed by atoms with Crippen molar-refractivity contribution in [1.29, 1.82) is 0 Å². The van der Waals surface area contributed by atoms with Crippen molar-refractivity contribution < 1.29 is 28.7 Å². The van der Waals surface area contributed by atoms with Gasteiger partial charge in [-0.2, -0.15) is 0 Å². The lowest BCUT2D eigenvalue weighted by Crippen LogP contribution is -2.59. The van der Waals surface area contributed by atoms with E-state index in [0.29, 0.717) is 74.9 Å². The number of carbonyl (C=O) groups is 4. The molecule has 0 bridgehead atoms. The van der Waals surface area contributed by atoms with Crippen LogP contribution in [0.4, 0.5) is 0 Å². The topological polar surface area (TPSA) is 174 Å². The van der Waals surface area contributed by atoms with Crippen molar-refractivity contribution in [3.8, 4) is 16.2 Å². The third-order valence-corrected chi connectivity index (χ3v) is 10.9. The van der Waals surface area contributed by atoms with Crippen LogP contribution in [0.1, 0.15) is 74.2 Å². The van der Waals surface area contributed by atoms with E-state index in [2.05, 4.69) is 21.3 Å². The molecule has 0 aliphatic carbocycles. The summed E-state index contributed by atoms with van der Waals surface area (Å²) in [7, 11) is 0. The molecule has 3 aromatic rings. The van der Waals surface area contributed by atoms with Crippen molar-refractivity contribution in [1.82, 2.24) is 26.3 Å². The van der Waals surface area contributed by atoms with Gasteiger partial charge in [-0.05, 0) is 75.3 Å². The molecule has 4 amide bonds. The number of carbonyl (C=O) groups excluding carboxylic acids is 4. The molecule has 2 aliphatic rings. The smallest absolute Gasteiger partial charge is 0.243 e. The van der Waals surface area contributed by atoms with Crippen LogP contribution in [-0.2, 0) is 30.3 Å². The third-order valence-electron chi connectivity index (χ3n) is 9.45. The Balaban J connectivity index is 1.34. The molecule has 5 rings (SSSR count). The molecule has 0 saturated carbocycles. The number of para-hydroxylation sites is 1. The molecule has 1 saturated heterocycles. The molecule has 14 heteroatoms. The Morgan fingerprint density at radius 1 is 0.942 bits per heavy atom. The van der Waals surface area contributed by atoms with Crippen LogP contribution in [0, 0.1) is 12.8 Å². The van der Waals surface area contributed by atoms with Crippen LogP contribution >= 0.6 is 22.9 Å². The fourth-order valence-corrected chi connectivity index (χ4v) is 7.90. The number of nitrogens with one attached hydrogen (secondary N) is 4. The van der Waals surface area contributed by atoms with Gasteiger partial charge >= 0.3 is 0 Å².